The minimum absolute atomic E-state index is 0.428. The van der Waals surface area contributed by atoms with E-state index in [1.165, 1.54) is 0 Å². The number of hydrogen-bond donors (Lipinski definition) is 2. The first kappa shape index (κ1) is 10.7. The van der Waals surface area contributed by atoms with Crippen molar-refractivity contribution in [2.24, 2.45) is 11.5 Å². The maximum Gasteiger partial charge on any atom is 0.238 e. The van der Waals surface area contributed by atoms with Crippen LogP contribution in [0.1, 0.15) is 17.2 Å². The molecule has 0 aliphatic rings. The molecule has 1 rings (SSSR count). The highest BCUT2D eigenvalue weighted by molar-refractivity contribution is 5.81. The quantitative estimate of drug-likeness (QED) is 0.724. The van der Waals surface area contributed by atoms with Crippen LogP contribution in [0, 0.1) is 0 Å². The van der Waals surface area contributed by atoms with Crippen molar-refractivity contribution >= 4 is 5.91 Å². The molecule has 0 aliphatic carbocycles. The molecule has 4 N–H and O–H groups in total. The predicted octanol–water partition coefficient (Wildman–Crippen LogP) is 0.318. The fourth-order valence-corrected chi connectivity index (χ4v) is 1.28. The van der Waals surface area contributed by atoms with Gasteiger partial charge in [0.2, 0.25) is 5.91 Å². The Morgan fingerprint density at radius 3 is 2.71 bits per heavy atom. The highest BCUT2D eigenvalue weighted by atomic mass is 16.5. The molecular formula is C10H14N2O2. The fourth-order valence-electron chi connectivity index (χ4n) is 1.28. The van der Waals surface area contributed by atoms with E-state index in [-0.39, 0.29) is 0 Å². The smallest absolute Gasteiger partial charge is 0.238 e. The van der Waals surface area contributed by atoms with E-state index in [1.807, 2.05) is 18.2 Å². The van der Waals surface area contributed by atoms with Crippen LogP contribution in [0.3, 0.4) is 0 Å². The number of amides is 1. The maximum atomic E-state index is 10.9. The van der Waals surface area contributed by atoms with Crippen LogP contribution in [0.15, 0.2) is 24.3 Å². The molecule has 1 unspecified atom stereocenters. The largest absolute Gasteiger partial charge is 0.380 e. The highest BCUT2D eigenvalue weighted by Crippen LogP contribution is 2.16. The van der Waals surface area contributed by atoms with Gasteiger partial charge in [-0.25, -0.2) is 0 Å². The van der Waals surface area contributed by atoms with E-state index >= 15 is 0 Å². The van der Waals surface area contributed by atoms with Gasteiger partial charge in [0.15, 0.2) is 0 Å². The average Bonchev–Trinajstić information content (AvgIpc) is 2.18. The van der Waals surface area contributed by atoms with Crippen LogP contribution in [-0.4, -0.2) is 13.0 Å². The number of hydrogen-bond acceptors (Lipinski definition) is 3. The van der Waals surface area contributed by atoms with Crippen molar-refractivity contribution in [3.05, 3.63) is 35.4 Å². The standard InChI is InChI=1S/C10H14N2O2/c1-14-6-7-4-2-3-5-8(7)9(11)10(12)13/h2-5,9H,6,11H2,1H3,(H2,12,13). The van der Waals surface area contributed by atoms with Crippen LogP contribution in [-0.2, 0) is 16.1 Å². The Morgan fingerprint density at radius 1 is 1.50 bits per heavy atom. The highest BCUT2D eigenvalue weighted by Gasteiger charge is 2.15. The van der Waals surface area contributed by atoms with E-state index in [9.17, 15) is 4.79 Å². The van der Waals surface area contributed by atoms with Crippen LogP contribution >= 0.6 is 0 Å². The van der Waals surface area contributed by atoms with Crippen molar-refractivity contribution in [3.8, 4) is 0 Å². The first-order valence-corrected chi connectivity index (χ1v) is 4.28. The topological polar surface area (TPSA) is 78.3 Å². The molecule has 76 valence electrons. The Bertz CT molecular complexity index is 326. The van der Waals surface area contributed by atoms with Crippen molar-refractivity contribution < 1.29 is 9.53 Å². The molecule has 1 aromatic carbocycles. The zero-order valence-corrected chi connectivity index (χ0v) is 8.07. The molecule has 0 spiro atoms. The number of rotatable bonds is 4. The van der Waals surface area contributed by atoms with Gasteiger partial charge < -0.3 is 16.2 Å². The molecule has 1 aromatic rings. The number of benzene rings is 1. The minimum Gasteiger partial charge on any atom is -0.380 e. The summed E-state index contributed by atoms with van der Waals surface area (Å²) in [6.07, 6.45) is 0. The van der Waals surface area contributed by atoms with E-state index < -0.39 is 11.9 Å². The number of carbonyl (C=O) groups is 1. The monoisotopic (exact) mass is 194 g/mol. The lowest BCUT2D eigenvalue weighted by Crippen LogP contribution is -2.29. The predicted molar refractivity (Wildman–Crippen MR) is 53.3 cm³/mol. The van der Waals surface area contributed by atoms with Gasteiger partial charge >= 0.3 is 0 Å². The molecule has 0 radical (unpaired) electrons. The van der Waals surface area contributed by atoms with Gasteiger partial charge in [-0.05, 0) is 11.1 Å². The molecule has 14 heavy (non-hydrogen) atoms. The molecule has 0 saturated heterocycles. The second kappa shape index (κ2) is 4.74. The third-order valence-corrected chi connectivity index (χ3v) is 2.00. The first-order chi connectivity index (χ1) is 6.66. The number of primary amides is 1. The van der Waals surface area contributed by atoms with Crippen LogP contribution in [0.5, 0.6) is 0 Å². The molecule has 0 aromatic heterocycles. The van der Waals surface area contributed by atoms with Crippen molar-refractivity contribution in [2.45, 2.75) is 12.6 Å². The Morgan fingerprint density at radius 2 is 2.14 bits per heavy atom. The summed E-state index contributed by atoms with van der Waals surface area (Å²) in [6, 6.07) is 6.57. The number of nitrogens with two attached hydrogens (primary N) is 2. The Kier molecular flexibility index (Phi) is 3.62. The van der Waals surface area contributed by atoms with Crippen LogP contribution in [0.2, 0.25) is 0 Å². The van der Waals surface area contributed by atoms with E-state index in [0.717, 1.165) is 11.1 Å². The van der Waals surface area contributed by atoms with Crippen molar-refractivity contribution in [1.82, 2.24) is 0 Å². The van der Waals surface area contributed by atoms with Crippen LogP contribution in [0.4, 0.5) is 0 Å². The molecule has 0 bridgehead atoms. The summed E-state index contributed by atoms with van der Waals surface area (Å²) in [5.74, 6) is -0.534. The van der Waals surface area contributed by atoms with Gasteiger partial charge in [-0.15, -0.1) is 0 Å². The summed E-state index contributed by atoms with van der Waals surface area (Å²) in [5.41, 5.74) is 12.4. The SMILES string of the molecule is COCc1ccccc1C(N)C(N)=O. The van der Waals surface area contributed by atoms with Crippen molar-refractivity contribution in [2.75, 3.05) is 7.11 Å². The maximum absolute atomic E-state index is 10.9. The lowest BCUT2D eigenvalue weighted by Gasteiger charge is -2.12. The average molecular weight is 194 g/mol. The zero-order chi connectivity index (χ0) is 10.6. The number of carbonyl (C=O) groups excluding carboxylic acids is 1. The second-order valence-corrected chi connectivity index (χ2v) is 3.01. The normalized spacial score (nSPS) is 12.4. The molecule has 4 nitrogen and oxygen atoms in total. The molecule has 1 amide bonds. The summed E-state index contributed by atoms with van der Waals surface area (Å²) in [7, 11) is 1.59. The van der Waals surface area contributed by atoms with E-state index in [2.05, 4.69) is 0 Å². The summed E-state index contributed by atoms with van der Waals surface area (Å²) in [6.45, 7) is 0.428. The summed E-state index contributed by atoms with van der Waals surface area (Å²) in [4.78, 5) is 10.9. The lowest BCUT2D eigenvalue weighted by molar-refractivity contribution is -0.119. The first-order valence-electron chi connectivity index (χ1n) is 4.28. The molecular weight excluding hydrogens is 180 g/mol. The van der Waals surface area contributed by atoms with Gasteiger partial charge in [0.1, 0.15) is 6.04 Å². The van der Waals surface area contributed by atoms with Gasteiger partial charge in [0.25, 0.3) is 0 Å². The lowest BCUT2D eigenvalue weighted by atomic mass is 10.0. The summed E-state index contributed by atoms with van der Waals surface area (Å²) < 4.78 is 4.99. The molecule has 0 aliphatic heterocycles. The summed E-state index contributed by atoms with van der Waals surface area (Å²) in [5, 5.41) is 0. The Hall–Kier alpha value is -1.39. The minimum atomic E-state index is -0.763. The second-order valence-electron chi connectivity index (χ2n) is 3.01. The number of ether oxygens (including phenoxy) is 1. The summed E-state index contributed by atoms with van der Waals surface area (Å²) >= 11 is 0. The Balaban J connectivity index is 3.00. The number of methoxy groups -OCH3 is 1. The Labute approximate surface area is 82.8 Å². The van der Waals surface area contributed by atoms with Crippen molar-refractivity contribution in [1.29, 1.82) is 0 Å². The third kappa shape index (κ3) is 2.31. The van der Waals surface area contributed by atoms with Gasteiger partial charge in [-0.1, -0.05) is 24.3 Å². The van der Waals surface area contributed by atoms with E-state index in [4.69, 9.17) is 16.2 Å². The van der Waals surface area contributed by atoms with Crippen molar-refractivity contribution in [3.63, 3.8) is 0 Å². The van der Waals surface area contributed by atoms with Gasteiger partial charge in [0.05, 0.1) is 6.61 Å². The van der Waals surface area contributed by atoms with E-state index in [0.29, 0.717) is 6.61 Å². The third-order valence-electron chi connectivity index (χ3n) is 2.00. The molecule has 0 fully saturated rings. The zero-order valence-electron chi connectivity index (χ0n) is 8.07. The van der Waals surface area contributed by atoms with Crippen LogP contribution < -0.4 is 11.5 Å². The molecule has 1 atom stereocenters. The van der Waals surface area contributed by atoms with Gasteiger partial charge in [0, 0.05) is 7.11 Å². The van der Waals surface area contributed by atoms with Gasteiger partial charge in [-0.3, -0.25) is 4.79 Å². The van der Waals surface area contributed by atoms with Gasteiger partial charge in [-0.2, -0.15) is 0 Å². The van der Waals surface area contributed by atoms with E-state index in [1.54, 1.807) is 13.2 Å². The molecule has 0 saturated carbocycles. The fraction of sp³-hybridized carbons (Fsp3) is 0.300. The van der Waals surface area contributed by atoms with Crippen LogP contribution in [0.25, 0.3) is 0 Å². The molecule has 0 heterocycles. The molecule has 4 heteroatoms.